The molecule has 2 fully saturated rings. The van der Waals surface area contributed by atoms with Crippen LogP contribution in [0, 0.1) is 29.6 Å². The summed E-state index contributed by atoms with van der Waals surface area (Å²) in [5.74, 6) is -1.33. The molecule has 36 heavy (non-hydrogen) atoms. The number of hydrogen-bond donors (Lipinski definition) is 2. The molecule has 0 saturated carbocycles. The number of benzene rings is 1. The number of nitrogens with two attached hydrogens (primary N) is 1. The van der Waals surface area contributed by atoms with Crippen LogP contribution in [0.3, 0.4) is 0 Å². The number of ether oxygens (including phenoxy) is 2. The van der Waals surface area contributed by atoms with Crippen molar-refractivity contribution < 1.29 is 28.4 Å². The minimum Gasteiger partial charge on any atom is -0.465 e. The molecule has 1 aromatic carbocycles. The van der Waals surface area contributed by atoms with Gasteiger partial charge in [0.05, 0.1) is 37.3 Å². The Morgan fingerprint density at radius 2 is 2.03 bits per heavy atom. The van der Waals surface area contributed by atoms with E-state index < -0.39 is 19.0 Å². The predicted molar refractivity (Wildman–Crippen MR) is 131 cm³/mol. The van der Waals surface area contributed by atoms with E-state index in [0.29, 0.717) is 44.0 Å². The SMILES string of the molecule is COC(=O)c1cc(Nc2nn(C3COCC[C@@H]3C#N)cc2C(N)=O)cc(C)c1B1OCC(C)(C)CO1. The highest BCUT2D eigenvalue weighted by Gasteiger charge is 2.37. The summed E-state index contributed by atoms with van der Waals surface area (Å²) in [7, 11) is 0.591. The Balaban J connectivity index is 1.68. The average Bonchev–Trinajstić information content (AvgIpc) is 3.27. The molecule has 2 aromatic rings. The molecule has 0 radical (unpaired) electrons. The van der Waals surface area contributed by atoms with Crippen molar-refractivity contribution in [2.75, 3.05) is 38.9 Å². The van der Waals surface area contributed by atoms with Crippen molar-refractivity contribution in [1.82, 2.24) is 9.78 Å². The predicted octanol–water partition coefficient (Wildman–Crippen LogP) is 1.69. The number of hydrogen-bond acceptors (Lipinski definition) is 9. The zero-order valence-corrected chi connectivity index (χ0v) is 20.9. The maximum absolute atomic E-state index is 12.7. The van der Waals surface area contributed by atoms with Gasteiger partial charge in [-0.2, -0.15) is 10.4 Å². The van der Waals surface area contributed by atoms with Crippen molar-refractivity contribution in [1.29, 1.82) is 5.26 Å². The van der Waals surface area contributed by atoms with E-state index in [4.69, 9.17) is 24.5 Å². The highest BCUT2D eigenvalue weighted by Crippen LogP contribution is 2.29. The molecule has 190 valence electrons. The number of nitrogens with zero attached hydrogens (tertiary/aromatic N) is 3. The number of aromatic nitrogens is 2. The molecule has 2 aliphatic rings. The molecule has 2 saturated heterocycles. The third-order valence-electron chi connectivity index (χ3n) is 6.37. The third kappa shape index (κ3) is 5.23. The number of carbonyl (C=O) groups is 2. The van der Waals surface area contributed by atoms with E-state index in [2.05, 4.69) is 16.5 Å². The van der Waals surface area contributed by atoms with Crippen LogP contribution in [0.4, 0.5) is 11.5 Å². The lowest BCUT2D eigenvalue weighted by Crippen LogP contribution is -2.50. The van der Waals surface area contributed by atoms with Gasteiger partial charge in [0.25, 0.3) is 5.91 Å². The van der Waals surface area contributed by atoms with Gasteiger partial charge in [-0.3, -0.25) is 9.48 Å². The molecule has 11 nitrogen and oxygen atoms in total. The molecule has 12 heteroatoms. The van der Waals surface area contributed by atoms with E-state index in [1.54, 1.807) is 16.8 Å². The number of nitrogens with one attached hydrogen (secondary N) is 1. The number of primary amides is 1. The van der Waals surface area contributed by atoms with Crippen molar-refractivity contribution in [2.24, 2.45) is 17.1 Å². The zero-order chi connectivity index (χ0) is 26.0. The van der Waals surface area contributed by atoms with Gasteiger partial charge in [-0.1, -0.05) is 13.8 Å². The third-order valence-corrected chi connectivity index (χ3v) is 6.37. The number of rotatable bonds is 6. The van der Waals surface area contributed by atoms with E-state index in [-0.39, 0.29) is 34.3 Å². The largest absolute Gasteiger partial charge is 0.495 e. The van der Waals surface area contributed by atoms with Gasteiger partial charge in [-0.05, 0) is 36.5 Å². The molecule has 3 N–H and O–H groups in total. The highest BCUT2D eigenvalue weighted by molar-refractivity contribution is 6.63. The summed E-state index contributed by atoms with van der Waals surface area (Å²) in [6.07, 6.45) is 2.09. The van der Waals surface area contributed by atoms with Crippen LogP contribution in [0.15, 0.2) is 18.3 Å². The van der Waals surface area contributed by atoms with Crippen LogP contribution in [0.5, 0.6) is 0 Å². The normalized spacial score (nSPS) is 21.5. The first-order valence-corrected chi connectivity index (χ1v) is 11.7. The lowest BCUT2D eigenvalue weighted by molar-refractivity contribution is 0.0339. The lowest BCUT2D eigenvalue weighted by Gasteiger charge is -2.34. The standard InChI is InChI=1S/C24H30BN5O6/c1-14-7-16(8-17(23(32)33-4)20(14)25-35-12-24(2,3)13-36-25)28-22-18(21(27)31)10-30(29-22)19-11-34-6-5-15(19)9-26/h7-8,10,15,19H,5-6,11-13H2,1-4H3,(H2,27,31)(H,28,29)/t15-,19?/m1/s1. The second-order valence-corrected chi connectivity index (χ2v) is 9.89. The van der Waals surface area contributed by atoms with E-state index in [1.807, 2.05) is 20.8 Å². The number of esters is 1. The van der Waals surface area contributed by atoms with Gasteiger partial charge in [0, 0.05) is 37.1 Å². The van der Waals surface area contributed by atoms with Crippen LogP contribution in [-0.4, -0.2) is 62.3 Å². The fourth-order valence-corrected chi connectivity index (χ4v) is 4.43. The lowest BCUT2D eigenvalue weighted by atomic mass is 9.71. The number of aryl methyl sites for hydroxylation is 1. The summed E-state index contributed by atoms with van der Waals surface area (Å²) >= 11 is 0. The molecule has 0 bridgehead atoms. The Kier molecular flexibility index (Phi) is 7.35. The number of nitriles is 1. The number of anilines is 2. The minimum atomic E-state index is -0.712. The summed E-state index contributed by atoms with van der Waals surface area (Å²) in [6.45, 7) is 7.67. The van der Waals surface area contributed by atoms with Crippen LogP contribution in [-0.2, 0) is 18.8 Å². The van der Waals surface area contributed by atoms with Crippen molar-refractivity contribution in [3.05, 3.63) is 35.0 Å². The van der Waals surface area contributed by atoms with Crippen molar-refractivity contribution >= 4 is 36.0 Å². The number of amides is 1. The zero-order valence-electron chi connectivity index (χ0n) is 20.9. The molecular weight excluding hydrogens is 465 g/mol. The van der Waals surface area contributed by atoms with Crippen molar-refractivity contribution in [3.8, 4) is 6.07 Å². The number of methoxy groups -OCH3 is 1. The van der Waals surface area contributed by atoms with Crippen LogP contribution >= 0.6 is 0 Å². The van der Waals surface area contributed by atoms with Crippen LogP contribution in [0.1, 0.15) is 52.6 Å². The Hall–Kier alpha value is -3.40. The first-order valence-electron chi connectivity index (χ1n) is 11.7. The topological polar surface area (TPSA) is 151 Å². The summed E-state index contributed by atoms with van der Waals surface area (Å²) in [6, 6.07) is 5.34. The van der Waals surface area contributed by atoms with E-state index >= 15 is 0 Å². The van der Waals surface area contributed by atoms with Crippen LogP contribution in [0.25, 0.3) is 0 Å². The molecular formula is C24H30BN5O6. The molecule has 0 aliphatic carbocycles. The second-order valence-electron chi connectivity index (χ2n) is 9.89. The molecule has 1 amide bonds. The molecule has 0 spiro atoms. The molecule has 3 heterocycles. The van der Waals surface area contributed by atoms with E-state index in [0.717, 1.165) is 5.56 Å². The average molecular weight is 495 g/mol. The van der Waals surface area contributed by atoms with Gasteiger partial charge in [-0.25, -0.2) is 4.79 Å². The minimum absolute atomic E-state index is 0.130. The molecule has 1 unspecified atom stereocenters. The molecule has 4 rings (SSSR count). The van der Waals surface area contributed by atoms with E-state index in [9.17, 15) is 14.9 Å². The monoisotopic (exact) mass is 495 g/mol. The Morgan fingerprint density at radius 1 is 1.31 bits per heavy atom. The van der Waals surface area contributed by atoms with Gasteiger partial charge in [0.2, 0.25) is 0 Å². The maximum atomic E-state index is 12.7. The van der Waals surface area contributed by atoms with Gasteiger partial charge < -0.3 is 29.8 Å². The highest BCUT2D eigenvalue weighted by atomic mass is 16.6. The quantitative estimate of drug-likeness (QED) is 0.451. The Labute approximate surface area is 210 Å². The van der Waals surface area contributed by atoms with Crippen LogP contribution in [0.2, 0.25) is 0 Å². The summed E-state index contributed by atoms with van der Waals surface area (Å²) < 4.78 is 24.0. The first kappa shape index (κ1) is 25.7. The van der Waals surface area contributed by atoms with E-state index in [1.165, 1.54) is 13.3 Å². The van der Waals surface area contributed by atoms with Gasteiger partial charge in [0.15, 0.2) is 5.82 Å². The molecule has 1 aromatic heterocycles. The molecule has 2 aliphatic heterocycles. The number of carbonyl (C=O) groups excluding carboxylic acids is 2. The first-order chi connectivity index (χ1) is 17.1. The summed E-state index contributed by atoms with van der Waals surface area (Å²) in [5.41, 5.74) is 7.72. The summed E-state index contributed by atoms with van der Waals surface area (Å²) in [5, 5.41) is 17.1. The Morgan fingerprint density at radius 3 is 2.67 bits per heavy atom. The Bertz CT molecular complexity index is 1200. The maximum Gasteiger partial charge on any atom is 0.495 e. The summed E-state index contributed by atoms with van der Waals surface area (Å²) in [4.78, 5) is 24.9. The van der Waals surface area contributed by atoms with Crippen LogP contribution < -0.4 is 16.5 Å². The van der Waals surface area contributed by atoms with Crippen molar-refractivity contribution in [2.45, 2.75) is 33.2 Å². The smallest absolute Gasteiger partial charge is 0.465 e. The van der Waals surface area contributed by atoms with Gasteiger partial charge >= 0.3 is 13.1 Å². The second kappa shape index (κ2) is 10.3. The molecule has 2 atom stereocenters. The van der Waals surface area contributed by atoms with Gasteiger partial charge in [0.1, 0.15) is 5.56 Å². The fourth-order valence-electron chi connectivity index (χ4n) is 4.43. The van der Waals surface area contributed by atoms with Gasteiger partial charge in [-0.15, -0.1) is 0 Å². The fraction of sp³-hybridized carbons (Fsp3) is 0.500. The van der Waals surface area contributed by atoms with Crippen molar-refractivity contribution in [3.63, 3.8) is 0 Å².